The third-order valence-corrected chi connectivity index (χ3v) is 10.2. The molecule has 0 amide bonds. The second-order valence-electron chi connectivity index (χ2n) is 16.9. The van der Waals surface area contributed by atoms with Gasteiger partial charge in [0.25, 0.3) is 0 Å². The van der Waals surface area contributed by atoms with Crippen LogP contribution in [-0.4, -0.2) is 127 Å². The molecule has 0 rings (SSSR count). The topological polar surface area (TPSA) is 0 Å². The van der Waals surface area contributed by atoms with Crippen molar-refractivity contribution in [3.63, 3.8) is 0 Å². The van der Waals surface area contributed by atoms with Gasteiger partial charge in [-0.15, -0.1) is 0 Å². The number of hydrogen-bond donors (Lipinski definition) is 0. The predicted octanol–water partition coefficient (Wildman–Crippen LogP) is -2.85. The maximum atomic E-state index is 2.46. The molecule has 0 aromatic heterocycles. The molecule has 286 valence electrons. The molecule has 0 bridgehead atoms. The monoisotopic (exact) mass is 1010 g/mol. The molecule has 46 heavy (non-hydrogen) atoms. The molecule has 8 heteroatoms. The van der Waals surface area contributed by atoms with Gasteiger partial charge in [0.2, 0.25) is 0 Å². The molecule has 0 heterocycles. The zero-order valence-electron chi connectivity index (χ0n) is 33.1. The van der Waals surface area contributed by atoms with Gasteiger partial charge in [0.1, 0.15) is 39.3 Å². The Hall–Kier alpha value is 2.26. The number of halogens is 4. The lowest BCUT2D eigenvalue weighted by Gasteiger charge is -2.39. The van der Waals surface area contributed by atoms with Crippen molar-refractivity contribution in [2.75, 3.05) is 109 Å². The third-order valence-electron chi connectivity index (χ3n) is 10.2. The lowest BCUT2D eigenvalue weighted by atomic mass is 10.1. The summed E-state index contributed by atoms with van der Waals surface area (Å²) in [7, 11) is 19.7. The summed E-state index contributed by atoms with van der Waals surface area (Å²) in [4.78, 5) is 0. The summed E-state index contributed by atoms with van der Waals surface area (Å²) in [5.41, 5.74) is 0. The van der Waals surface area contributed by atoms with Gasteiger partial charge in [0.05, 0.1) is 69.5 Å². The minimum atomic E-state index is 0. The summed E-state index contributed by atoms with van der Waals surface area (Å²) in [6, 6.07) is 0. The first-order chi connectivity index (χ1) is 19.7. The van der Waals surface area contributed by atoms with Crippen LogP contribution in [0.3, 0.4) is 0 Å². The first-order valence-corrected chi connectivity index (χ1v) is 19.0. The predicted molar refractivity (Wildman–Crippen MR) is 191 cm³/mol. The van der Waals surface area contributed by atoms with Gasteiger partial charge in [0, 0.05) is 0 Å². The van der Waals surface area contributed by atoms with Gasteiger partial charge in [-0.3, -0.25) is 0 Å². The molecule has 0 aromatic carbocycles. The highest BCUT2D eigenvalue weighted by atomic mass is 127. The van der Waals surface area contributed by atoms with E-state index in [0.717, 1.165) is 8.97 Å². The number of quaternary nitrogens is 4. The van der Waals surface area contributed by atoms with Crippen molar-refractivity contribution in [2.24, 2.45) is 0 Å². The van der Waals surface area contributed by atoms with E-state index in [1.807, 2.05) is 0 Å². The Labute approximate surface area is 347 Å². The Kier molecular flexibility index (Phi) is 43.0. The van der Waals surface area contributed by atoms with Crippen molar-refractivity contribution in [2.45, 2.75) is 142 Å². The lowest BCUT2D eigenvalue weighted by Crippen LogP contribution is -3.00. The van der Waals surface area contributed by atoms with Crippen molar-refractivity contribution in [1.29, 1.82) is 0 Å². The Bertz CT molecular complexity index is 568. The summed E-state index contributed by atoms with van der Waals surface area (Å²) < 4.78 is 4.67. The smallest absolute Gasteiger partial charge is 0.128 e. The van der Waals surface area contributed by atoms with Crippen LogP contribution in [0.15, 0.2) is 0 Å². The molecule has 0 aromatic rings. The zero-order valence-corrected chi connectivity index (χ0v) is 40.6. The van der Waals surface area contributed by atoms with Gasteiger partial charge in [-0.05, 0) is 25.7 Å². The van der Waals surface area contributed by atoms with E-state index in [-0.39, 0.29) is 81.9 Å². The molecule has 0 aliphatic carbocycles. The average molecular weight is 1010 g/mol. The molecule has 0 N–H and O–H groups in total. The van der Waals surface area contributed by atoms with Crippen LogP contribution in [0.1, 0.15) is 142 Å². The van der Waals surface area contributed by atoms with E-state index < -0.39 is 0 Å². The van der Waals surface area contributed by atoms with E-state index >= 15 is 0 Å². The molecule has 0 atom stereocenters. The van der Waals surface area contributed by atoms with Crippen LogP contribution in [0.2, 0.25) is 0 Å². The highest BCUT2D eigenvalue weighted by Crippen LogP contribution is 2.14. The highest BCUT2D eigenvalue weighted by molar-refractivity contribution is 4.50. The molecule has 0 spiro atoms. The van der Waals surface area contributed by atoms with Gasteiger partial charge in [-0.1, -0.05) is 117 Å². The van der Waals surface area contributed by atoms with Crippen molar-refractivity contribution in [3.8, 4) is 0 Å². The SMILES string of the molecule is CCCCCCCCCCCC[N+](C)(C)CC[N+](C)(C)CC[N+](C)(C)CC[N+](C)(C)CCCCCCCCCCCC.[Br-].[Br-].[I-].[I-]. The zero-order chi connectivity index (χ0) is 31.8. The molecular weight excluding hydrogens is 926 g/mol. The first kappa shape index (κ1) is 57.6. The summed E-state index contributed by atoms with van der Waals surface area (Å²) in [6.07, 6.45) is 28.6. The van der Waals surface area contributed by atoms with Crippen LogP contribution < -0.4 is 81.9 Å². The highest BCUT2D eigenvalue weighted by Gasteiger charge is 2.28. The number of nitrogens with zero attached hydrogens (tertiary/aromatic N) is 4. The van der Waals surface area contributed by atoms with Crippen molar-refractivity contribution < 1.29 is 99.8 Å². The Morgan fingerprint density at radius 1 is 0.239 bits per heavy atom. The summed E-state index contributed by atoms with van der Waals surface area (Å²) in [5.74, 6) is 0. The maximum Gasteiger partial charge on any atom is 0.128 e. The van der Waals surface area contributed by atoms with E-state index in [2.05, 4.69) is 70.2 Å². The van der Waals surface area contributed by atoms with Gasteiger partial charge in [0.15, 0.2) is 0 Å². The largest absolute Gasteiger partial charge is 1.00 e. The molecule has 0 saturated heterocycles. The quantitative estimate of drug-likeness (QED) is 0.0400. The molecular formula is C38H86Br2I2N4. The van der Waals surface area contributed by atoms with Crippen LogP contribution in [-0.2, 0) is 0 Å². The number of rotatable bonds is 31. The van der Waals surface area contributed by atoms with E-state index in [1.54, 1.807) is 0 Å². The fourth-order valence-corrected chi connectivity index (χ4v) is 6.13. The van der Waals surface area contributed by atoms with E-state index in [4.69, 9.17) is 0 Å². The molecule has 0 saturated carbocycles. The summed E-state index contributed by atoms with van der Waals surface area (Å²) in [5, 5.41) is 0. The molecule has 0 unspecified atom stereocenters. The average Bonchev–Trinajstić information content (AvgIpc) is 2.92. The summed E-state index contributed by atoms with van der Waals surface area (Å²) >= 11 is 0. The van der Waals surface area contributed by atoms with Gasteiger partial charge < -0.3 is 99.8 Å². The fraction of sp³-hybridized carbons (Fsp3) is 1.00. The molecule has 0 aliphatic heterocycles. The first-order valence-electron chi connectivity index (χ1n) is 19.0. The number of unbranched alkanes of at least 4 members (excludes halogenated alkanes) is 18. The molecule has 0 radical (unpaired) electrons. The van der Waals surface area contributed by atoms with E-state index in [0.29, 0.717) is 0 Å². The normalized spacial score (nSPS) is 12.1. The Morgan fingerprint density at radius 3 is 0.587 bits per heavy atom. The van der Waals surface area contributed by atoms with Gasteiger partial charge in [-0.25, -0.2) is 0 Å². The van der Waals surface area contributed by atoms with Crippen molar-refractivity contribution in [3.05, 3.63) is 0 Å². The van der Waals surface area contributed by atoms with Crippen LogP contribution in [0.5, 0.6) is 0 Å². The van der Waals surface area contributed by atoms with Crippen LogP contribution >= 0.6 is 0 Å². The van der Waals surface area contributed by atoms with Crippen LogP contribution in [0.4, 0.5) is 0 Å². The van der Waals surface area contributed by atoms with Gasteiger partial charge >= 0.3 is 0 Å². The Balaban J connectivity index is -0.00000140. The molecule has 0 fully saturated rings. The minimum Gasteiger partial charge on any atom is -1.00 e. The van der Waals surface area contributed by atoms with Crippen LogP contribution in [0.25, 0.3) is 0 Å². The Morgan fingerprint density at radius 2 is 0.391 bits per heavy atom. The van der Waals surface area contributed by atoms with Gasteiger partial charge in [-0.2, -0.15) is 0 Å². The van der Waals surface area contributed by atoms with Crippen LogP contribution in [0, 0.1) is 0 Å². The summed E-state index contributed by atoms with van der Waals surface area (Å²) in [6.45, 7) is 15.0. The van der Waals surface area contributed by atoms with Crippen molar-refractivity contribution >= 4 is 0 Å². The van der Waals surface area contributed by atoms with E-state index in [1.165, 1.54) is 190 Å². The third kappa shape index (κ3) is 39.1. The standard InChI is InChI=1S/C38H86N4.2BrH.2HI/c1-11-13-15-17-19-21-23-25-27-29-31-39(3,4)33-35-41(7,8)37-38-42(9,10)36-34-40(5,6)32-30-28-26-24-22-20-18-16-14-12-2;;;;/h11-38H2,1-10H3;4*1H/q+4;;;;/p-4. The fourth-order valence-electron chi connectivity index (χ4n) is 6.13. The van der Waals surface area contributed by atoms with E-state index in [9.17, 15) is 0 Å². The molecule has 0 aliphatic rings. The number of likely N-dealkylation sites (N-methyl/N-ethyl adjacent to an activating group) is 4. The second-order valence-corrected chi connectivity index (χ2v) is 16.9. The van der Waals surface area contributed by atoms with Crippen molar-refractivity contribution in [1.82, 2.24) is 0 Å². The maximum absolute atomic E-state index is 2.46. The molecule has 4 nitrogen and oxygen atoms in total. The minimum absolute atomic E-state index is 0. The second kappa shape index (κ2) is 34.4. The number of hydrogen-bond acceptors (Lipinski definition) is 0. The lowest BCUT2D eigenvalue weighted by molar-refractivity contribution is -0.978.